The van der Waals surface area contributed by atoms with Gasteiger partial charge in [-0.15, -0.1) is 6.58 Å². The van der Waals surface area contributed by atoms with E-state index in [1.54, 1.807) is 0 Å². The quantitative estimate of drug-likeness (QED) is 0.442. The molecule has 2 aromatic carbocycles. The fourth-order valence-electron chi connectivity index (χ4n) is 3.04. The first-order valence-electron chi connectivity index (χ1n) is 7.77. The summed E-state index contributed by atoms with van der Waals surface area (Å²) in [6.07, 6.45) is 5.34. The molecule has 0 heterocycles. The normalized spacial score (nSPS) is 13.6. The summed E-state index contributed by atoms with van der Waals surface area (Å²) in [5.74, 6) is 0.938. The summed E-state index contributed by atoms with van der Waals surface area (Å²) in [6, 6.07) is 17.0. The van der Waals surface area contributed by atoms with Gasteiger partial charge >= 0.3 is 0 Å². The van der Waals surface area contributed by atoms with Crippen LogP contribution in [0.4, 0.5) is 0 Å². The molecule has 2 aromatic rings. The van der Waals surface area contributed by atoms with Gasteiger partial charge in [0, 0.05) is 9.50 Å². The van der Waals surface area contributed by atoms with Crippen LogP contribution in [0.1, 0.15) is 49.1 Å². The molecule has 116 valence electrons. The SMILES string of the molecule is C=CCC(c1ccc(Cl)cc1)C(CCC)c1ccc(Br)cc1. The second-order valence-corrected chi connectivity index (χ2v) is 6.98. The third-order valence-electron chi connectivity index (χ3n) is 4.10. The second-order valence-electron chi connectivity index (χ2n) is 5.63. The van der Waals surface area contributed by atoms with E-state index in [1.165, 1.54) is 24.0 Å². The standard InChI is InChI=1S/C20H22BrCl/c1-3-5-19(15-7-11-17(21)12-8-15)20(6-4-2)16-9-13-18(22)14-10-16/h4,7-14,19-20H,2-3,5-6H2,1H3. The van der Waals surface area contributed by atoms with Crippen LogP contribution >= 0.6 is 27.5 Å². The largest absolute Gasteiger partial charge is 0.103 e. The molecule has 0 bridgehead atoms. The Morgan fingerprint density at radius 3 is 2.09 bits per heavy atom. The molecule has 0 aliphatic heterocycles. The highest BCUT2D eigenvalue weighted by atomic mass is 79.9. The molecule has 2 unspecified atom stereocenters. The fraction of sp³-hybridized carbons (Fsp3) is 0.300. The van der Waals surface area contributed by atoms with Crippen LogP contribution in [-0.2, 0) is 0 Å². The molecule has 0 N–H and O–H groups in total. The zero-order valence-electron chi connectivity index (χ0n) is 12.9. The third kappa shape index (κ3) is 4.47. The van der Waals surface area contributed by atoms with Crippen LogP contribution in [0.25, 0.3) is 0 Å². The van der Waals surface area contributed by atoms with Crippen molar-refractivity contribution in [3.05, 3.63) is 81.8 Å². The molecule has 0 aliphatic rings. The van der Waals surface area contributed by atoms with E-state index < -0.39 is 0 Å². The van der Waals surface area contributed by atoms with Gasteiger partial charge in [-0.25, -0.2) is 0 Å². The Bertz CT molecular complexity index is 586. The van der Waals surface area contributed by atoms with E-state index in [0.717, 1.165) is 15.9 Å². The molecule has 0 spiro atoms. The van der Waals surface area contributed by atoms with Gasteiger partial charge in [-0.2, -0.15) is 0 Å². The smallest absolute Gasteiger partial charge is 0.0406 e. The summed E-state index contributed by atoms with van der Waals surface area (Å²) in [7, 11) is 0. The Kier molecular flexibility index (Phi) is 6.72. The van der Waals surface area contributed by atoms with Crippen LogP contribution in [-0.4, -0.2) is 0 Å². The van der Waals surface area contributed by atoms with Crippen LogP contribution in [0.3, 0.4) is 0 Å². The van der Waals surface area contributed by atoms with Crippen molar-refractivity contribution in [1.29, 1.82) is 0 Å². The molecule has 0 saturated heterocycles. The molecular formula is C20H22BrCl. The second kappa shape index (κ2) is 8.55. The molecular weight excluding hydrogens is 356 g/mol. The molecule has 0 radical (unpaired) electrons. The van der Waals surface area contributed by atoms with E-state index in [2.05, 4.69) is 65.8 Å². The molecule has 0 nitrogen and oxygen atoms in total. The van der Waals surface area contributed by atoms with Crippen molar-refractivity contribution in [2.75, 3.05) is 0 Å². The summed E-state index contributed by atoms with van der Waals surface area (Å²) >= 11 is 9.57. The maximum Gasteiger partial charge on any atom is 0.0406 e. The van der Waals surface area contributed by atoms with Crippen LogP contribution in [0.5, 0.6) is 0 Å². The molecule has 22 heavy (non-hydrogen) atoms. The topological polar surface area (TPSA) is 0 Å². The van der Waals surface area contributed by atoms with E-state index >= 15 is 0 Å². The molecule has 2 rings (SSSR count). The number of hydrogen-bond acceptors (Lipinski definition) is 0. The van der Waals surface area contributed by atoms with Gasteiger partial charge in [-0.3, -0.25) is 0 Å². The monoisotopic (exact) mass is 376 g/mol. The van der Waals surface area contributed by atoms with Crippen molar-refractivity contribution >= 4 is 27.5 Å². The van der Waals surface area contributed by atoms with E-state index in [1.807, 2.05) is 18.2 Å². The van der Waals surface area contributed by atoms with Crippen LogP contribution in [0, 0.1) is 0 Å². The first-order chi connectivity index (χ1) is 10.7. The predicted molar refractivity (Wildman–Crippen MR) is 101 cm³/mol. The van der Waals surface area contributed by atoms with Gasteiger partial charge in [0.1, 0.15) is 0 Å². The van der Waals surface area contributed by atoms with Gasteiger partial charge in [0.25, 0.3) is 0 Å². The maximum atomic E-state index is 6.04. The first kappa shape index (κ1) is 17.3. The Labute approximate surface area is 147 Å². The van der Waals surface area contributed by atoms with Gasteiger partial charge < -0.3 is 0 Å². The molecule has 2 atom stereocenters. The van der Waals surface area contributed by atoms with Gasteiger partial charge in [-0.1, -0.05) is 71.2 Å². The number of hydrogen-bond donors (Lipinski definition) is 0. The molecule has 0 aliphatic carbocycles. The van der Waals surface area contributed by atoms with Gasteiger partial charge in [-0.05, 0) is 60.1 Å². The lowest BCUT2D eigenvalue weighted by molar-refractivity contribution is 0.502. The van der Waals surface area contributed by atoms with E-state index in [9.17, 15) is 0 Å². The average Bonchev–Trinajstić information content (AvgIpc) is 2.53. The van der Waals surface area contributed by atoms with Crippen molar-refractivity contribution in [2.45, 2.75) is 38.0 Å². The highest BCUT2D eigenvalue weighted by Gasteiger charge is 2.23. The summed E-state index contributed by atoms with van der Waals surface area (Å²) in [6.45, 7) is 6.21. The van der Waals surface area contributed by atoms with Gasteiger partial charge in [0.15, 0.2) is 0 Å². The van der Waals surface area contributed by atoms with E-state index in [4.69, 9.17) is 11.6 Å². The Balaban J connectivity index is 2.38. The molecule has 0 aromatic heterocycles. The molecule has 2 heteroatoms. The first-order valence-corrected chi connectivity index (χ1v) is 8.94. The lowest BCUT2D eigenvalue weighted by Gasteiger charge is -2.27. The summed E-state index contributed by atoms with van der Waals surface area (Å²) < 4.78 is 1.12. The van der Waals surface area contributed by atoms with Gasteiger partial charge in [0.2, 0.25) is 0 Å². The highest BCUT2D eigenvalue weighted by Crippen LogP contribution is 2.39. The average molecular weight is 378 g/mol. The minimum absolute atomic E-state index is 0.441. The molecule has 0 saturated carbocycles. The third-order valence-corrected chi connectivity index (χ3v) is 4.88. The van der Waals surface area contributed by atoms with Crippen LogP contribution in [0.2, 0.25) is 5.02 Å². The van der Waals surface area contributed by atoms with Crippen molar-refractivity contribution < 1.29 is 0 Å². The van der Waals surface area contributed by atoms with Crippen LogP contribution < -0.4 is 0 Å². The minimum Gasteiger partial charge on any atom is -0.103 e. The number of benzene rings is 2. The number of allylic oxidation sites excluding steroid dienone is 1. The predicted octanol–water partition coefficient (Wildman–Crippen LogP) is 7.35. The van der Waals surface area contributed by atoms with E-state index in [0.29, 0.717) is 11.8 Å². The molecule has 0 amide bonds. The van der Waals surface area contributed by atoms with Crippen LogP contribution in [0.15, 0.2) is 65.7 Å². The fourth-order valence-corrected chi connectivity index (χ4v) is 3.43. The lowest BCUT2D eigenvalue weighted by atomic mass is 9.77. The summed E-state index contributed by atoms with van der Waals surface area (Å²) in [5.41, 5.74) is 2.73. The van der Waals surface area contributed by atoms with Crippen molar-refractivity contribution in [2.24, 2.45) is 0 Å². The Morgan fingerprint density at radius 2 is 1.55 bits per heavy atom. The lowest BCUT2D eigenvalue weighted by Crippen LogP contribution is -2.11. The van der Waals surface area contributed by atoms with Crippen molar-refractivity contribution in [3.8, 4) is 0 Å². The van der Waals surface area contributed by atoms with Gasteiger partial charge in [0.05, 0.1) is 0 Å². The van der Waals surface area contributed by atoms with Crippen molar-refractivity contribution in [3.63, 3.8) is 0 Å². The summed E-state index contributed by atoms with van der Waals surface area (Å²) in [5, 5.41) is 0.789. The Hall–Kier alpha value is -1.05. The van der Waals surface area contributed by atoms with E-state index in [-0.39, 0.29) is 0 Å². The molecule has 0 fully saturated rings. The number of halogens is 2. The zero-order chi connectivity index (χ0) is 15.9. The Morgan fingerprint density at radius 1 is 1.00 bits per heavy atom. The maximum absolute atomic E-state index is 6.04. The summed E-state index contributed by atoms with van der Waals surface area (Å²) in [4.78, 5) is 0. The number of rotatable bonds is 7. The minimum atomic E-state index is 0.441. The highest BCUT2D eigenvalue weighted by molar-refractivity contribution is 9.10. The van der Waals surface area contributed by atoms with Crippen molar-refractivity contribution in [1.82, 2.24) is 0 Å². The zero-order valence-corrected chi connectivity index (χ0v) is 15.3.